The lowest BCUT2D eigenvalue weighted by atomic mass is 9.80. The molecule has 1 aromatic carbocycles. The van der Waals surface area contributed by atoms with Crippen LogP contribution in [0, 0.1) is 17.7 Å². The van der Waals surface area contributed by atoms with Crippen molar-refractivity contribution in [2.24, 2.45) is 17.6 Å². The number of halogens is 1. The average Bonchev–Trinajstić information content (AvgIpc) is 2.36. The summed E-state index contributed by atoms with van der Waals surface area (Å²) in [6.45, 7) is 5.04. The van der Waals surface area contributed by atoms with Crippen molar-refractivity contribution in [2.75, 3.05) is 0 Å². The summed E-state index contributed by atoms with van der Waals surface area (Å²) < 4.78 is 13.9. The first-order chi connectivity index (χ1) is 9.45. The van der Waals surface area contributed by atoms with E-state index in [2.05, 4.69) is 19.2 Å². The molecule has 0 bridgehead atoms. The van der Waals surface area contributed by atoms with Crippen molar-refractivity contribution in [1.82, 2.24) is 5.32 Å². The standard InChI is InChI=1S/C16H23FN2O/c1-10-5-11(2)7-14(6-10)19-9-13-4-3-12(16(18)20)8-15(13)17/h3-4,8,10-11,14,19H,5-7,9H2,1-2H3,(H2,18,20). The summed E-state index contributed by atoms with van der Waals surface area (Å²) in [6, 6.07) is 4.88. The molecule has 1 aliphatic carbocycles. The summed E-state index contributed by atoms with van der Waals surface area (Å²) in [4.78, 5) is 11.0. The van der Waals surface area contributed by atoms with Gasteiger partial charge in [-0.15, -0.1) is 0 Å². The van der Waals surface area contributed by atoms with E-state index in [1.807, 2.05) is 0 Å². The number of primary amides is 1. The molecule has 20 heavy (non-hydrogen) atoms. The van der Waals surface area contributed by atoms with Gasteiger partial charge in [0.1, 0.15) is 5.82 Å². The summed E-state index contributed by atoms with van der Waals surface area (Å²) in [5.74, 6) is 0.473. The van der Waals surface area contributed by atoms with Crippen LogP contribution in [-0.4, -0.2) is 11.9 Å². The Bertz CT molecular complexity index is 479. The van der Waals surface area contributed by atoms with Gasteiger partial charge in [0.2, 0.25) is 5.91 Å². The van der Waals surface area contributed by atoms with Gasteiger partial charge in [-0.25, -0.2) is 4.39 Å². The first-order valence-electron chi connectivity index (χ1n) is 7.27. The second-order valence-electron chi connectivity index (χ2n) is 6.17. The third-order valence-corrected chi connectivity index (χ3v) is 4.10. The van der Waals surface area contributed by atoms with Crippen molar-refractivity contribution in [1.29, 1.82) is 0 Å². The Hall–Kier alpha value is -1.42. The van der Waals surface area contributed by atoms with E-state index in [1.165, 1.54) is 12.5 Å². The van der Waals surface area contributed by atoms with Crippen molar-refractivity contribution >= 4 is 5.91 Å². The van der Waals surface area contributed by atoms with E-state index in [1.54, 1.807) is 12.1 Å². The summed E-state index contributed by atoms with van der Waals surface area (Å²) in [5.41, 5.74) is 5.93. The van der Waals surface area contributed by atoms with Gasteiger partial charge >= 0.3 is 0 Å². The lowest BCUT2D eigenvalue weighted by molar-refractivity contribution is 0.1000. The molecule has 1 aliphatic rings. The van der Waals surface area contributed by atoms with Gasteiger partial charge in [0.25, 0.3) is 0 Å². The number of carbonyl (C=O) groups is 1. The second-order valence-corrected chi connectivity index (χ2v) is 6.17. The fraction of sp³-hybridized carbons (Fsp3) is 0.562. The molecular formula is C16H23FN2O. The average molecular weight is 278 g/mol. The molecule has 3 N–H and O–H groups in total. The summed E-state index contributed by atoms with van der Waals surface area (Å²) in [7, 11) is 0. The molecule has 1 fully saturated rings. The Morgan fingerprint density at radius 3 is 2.50 bits per heavy atom. The maximum atomic E-state index is 13.9. The van der Waals surface area contributed by atoms with Crippen LogP contribution in [0.1, 0.15) is 49.0 Å². The van der Waals surface area contributed by atoms with Gasteiger partial charge in [-0.1, -0.05) is 19.9 Å². The van der Waals surface area contributed by atoms with E-state index in [0.29, 0.717) is 18.2 Å². The van der Waals surface area contributed by atoms with Gasteiger partial charge in [-0.2, -0.15) is 0 Å². The minimum Gasteiger partial charge on any atom is -0.366 e. The van der Waals surface area contributed by atoms with Gasteiger partial charge in [-0.3, -0.25) is 4.79 Å². The first kappa shape index (κ1) is 15.0. The minimum absolute atomic E-state index is 0.214. The fourth-order valence-electron chi connectivity index (χ4n) is 3.21. The molecule has 0 heterocycles. The quantitative estimate of drug-likeness (QED) is 0.889. The first-order valence-corrected chi connectivity index (χ1v) is 7.27. The number of amides is 1. The van der Waals surface area contributed by atoms with Crippen LogP contribution in [0.15, 0.2) is 18.2 Å². The molecular weight excluding hydrogens is 255 g/mol. The Labute approximate surface area is 119 Å². The van der Waals surface area contributed by atoms with Crippen LogP contribution in [0.3, 0.4) is 0 Å². The molecule has 4 heteroatoms. The lowest BCUT2D eigenvalue weighted by Crippen LogP contribution is -2.36. The predicted octanol–water partition coefficient (Wildman–Crippen LogP) is 2.84. The van der Waals surface area contributed by atoms with Crippen molar-refractivity contribution in [2.45, 2.75) is 45.7 Å². The zero-order valence-electron chi connectivity index (χ0n) is 12.2. The largest absolute Gasteiger partial charge is 0.366 e. The monoisotopic (exact) mass is 278 g/mol. The van der Waals surface area contributed by atoms with E-state index < -0.39 is 5.91 Å². The zero-order chi connectivity index (χ0) is 14.7. The van der Waals surface area contributed by atoms with Crippen LogP contribution < -0.4 is 11.1 Å². The van der Waals surface area contributed by atoms with Gasteiger partial charge in [0.05, 0.1) is 0 Å². The van der Waals surface area contributed by atoms with Crippen molar-refractivity contribution < 1.29 is 9.18 Å². The Morgan fingerprint density at radius 2 is 1.95 bits per heavy atom. The van der Waals surface area contributed by atoms with Crippen molar-refractivity contribution in [3.63, 3.8) is 0 Å². The molecule has 110 valence electrons. The highest BCUT2D eigenvalue weighted by Gasteiger charge is 2.23. The Balaban J connectivity index is 1.95. The number of nitrogens with one attached hydrogen (secondary N) is 1. The number of rotatable bonds is 4. The fourth-order valence-corrected chi connectivity index (χ4v) is 3.21. The molecule has 2 unspecified atom stereocenters. The van der Waals surface area contributed by atoms with E-state index >= 15 is 0 Å². The smallest absolute Gasteiger partial charge is 0.248 e. The van der Waals surface area contributed by atoms with Crippen LogP contribution >= 0.6 is 0 Å². The third-order valence-electron chi connectivity index (χ3n) is 4.10. The summed E-state index contributed by atoms with van der Waals surface area (Å²) in [6.07, 6.45) is 3.57. The number of hydrogen-bond donors (Lipinski definition) is 2. The van der Waals surface area contributed by atoms with Gasteiger partial charge in [0.15, 0.2) is 0 Å². The van der Waals surface area contributed by atoms with E-state index in [0.717, 1.165) is 24.7 Å². The van der Waals surface area contributed by atoms with Crippen LogP contribution in [-0.2, 0) is 6.54 Å². The molecule has 0 aliphatic heterocycles. The third kappa shape index (κ3) is 3.79. The van der Waals surface area contributed by atoms with Crippen LogP contribution in [0.25, 0.3) is 0 Å². The Kier molecular flexibility index (Phi) is 4.76. The summed E-state index contributed by atoms with van der Waals surface area (Å²) >= 11 is 0. The molecule has 0 aromatic heterocycles. The van der Waals surface area contributed by atoms with Crippen LogP contribution in [0.2, 0.25) is 0 Å². The molecule has 0 saturated heterocycles. The highest BCUT2D eigenvalue weighted by molar-refractivity contribution is 5.92. The molecule has 0 spiro atoms. The highest BCUT2D eigenvalue weighted by atomic mass is 19.1. The van der Waals surface area contributed by atoms with Crippen molar-refractivity contribution in [3.8, 4) is 0 Å². The molecule has 2 rings (SSSR count). The maximum absolute atomic E-state index is 13.9. The number of hydrogen-bond acceptors (Lipinski definition) is 2. The van der Waals surface area contributed by atoms with Crippen LogP contribution in [0.4, 0.5) is 4.39 Å². The number of carbonyl (C=O) groups excluding carboxylic acids is 1. The van der Waals surface area contributed by atoms with E-state index in [-0.39, 0.29) is 11.4 Å². The Morgan fingerprint density at radius 1 is 1.30 bits per heavy atom. The molecule has 1 amide bonds. The van der Waals surface area contributed by atoms with Crippen LogP contribution in [0.5, 0.6) is 0 Å². The SMILES string of the molecule is CC1CC(C)CC(NCc2ccc(C(N)=O)cc2F)C1. The van der Waals surface area contributed by atoms with Gasteiger partial charge in [0, 0.05) is 23.7 Å². The van der Waals surface area contributed by atoms with E-state index in [4.69, 9.17) is 5.73 Å². The normalized spacial score (nSPS) is 26.4. The number of nitrogens with two attached hydrogens (primary N) is 1. The molecule has 0 radical (unpaired) electrons. The van der Waals surface area contributed by atoms with E-state index in [9.17, 15) is 9.18 Å². The highest BCUT2D eigenvalue weighted by Crippen LogP contribution is 2.28. The zero-order valence-corrected chi connectivity index (χ0v) is 12.2. The lowest BCUT2D eigenvalue weighted by Gasteiger charge is -2.32. The molecule has 2 atom stereocenters. The van der Waals surface area contributed by atoms with Crippen molar-refractivity contribution in [3.05, 3.63) is 35.1 Å². The molecule has 1 aromatic rings. The number of benzene rings is 1. The maximum Gasteiger partial charge on any atom is 0.248 e. The second kappa shape index (κ2) is 6.35. The molecule has 1 saturated carbocycles. The predicted molar refractivity (Wildman–Crippen MR) is 77.7 cm³/mol. The van der Waals surface area contributed by atoms with Gasteiger partial charge < -0.3 is 11.1 Å². The summed E-state index contributed by atoms with van der Waals surface area (Å²) in [5, 5.41) is 3.43. The molecule has 3 nitrogen and oxygen atoms in total. The minimum atomic E-state index is -0.599. The van der Waals surface area contributed by atoms with Gasteiger partial charge in [-0.05, 0) is 43.2 Å². The topological polar surface area (TPSA) is 55.1 Å².